The van der Waals surface area contributed by atoms with E-state index < -0.39 is 0 Å². The SMILES string of the molecule is Br.CCCC[N+](CCCC)(CCCC)CCCC.O.[Br-]. The van der Waals surface area contributed by atoms with Crippen LogP contribution in [-0.4, -0.2) is 36.1 Å². The van der Waals surface area contributed by atoms with E-state index in [0.29, 0.717) is 0 Å². The predicted octanol–water partition coefficient (Wildman–Crippen LogP) is 1.76. The second kappa shape index (κ2) is 19.9. The van der Waals surface area contributed by atoms with Gasteiger partial charge < -0.3 is 26.9 Å². The number of unbranched alkanes of at least 4 members (excludes halogenated alkanes) is 4. The van der Waals surface area contributed by atoms with Gasteiger partial charge in [-0.1, -0.05) is 53.4 Å². The molecule has 0 aromatic rings. The zero-order chi connectivity index (χ0) is 13.0. The van der Waals surface area contributed by atoms with Crippen LogP contribution < -0.4 is 17.0 Å². The van der Waals surface area contributed by atoms with Crippen molar-refractivity contribution >= 4 is 17.0 Å². The Morgan fingerprint density at radius 3 is 0.900 bits per heavy atom. The second-order valence-electron chi connectivity index (χ2n) is 5.65. The van der Waals surface area contributed by atoms with E-state index in [9.17, 15) is 0 Å². The maximum absolute atomic E-state index is 2.33. The topological polar surface area (TPSA) is 31.5 Å². The van der Waals surface area contributed by atoms with Gasteiger partial charge in [-0.3, -0.25) is 0 Å². The van der Waals surface area contributed by atoms with Crippen molar-refractivity contribution in [2.24, 2.45) is 0 Å². The summed E-state index contributed by atoms with van der Waals surface area (Å²) >= 11 is 0. The predicted molar refractivity (Wildman–Crippen MR) is 93.3 cm³/mol. The third-order valence-electron chi connectivity index (χ3n) is 3.94. The molecular weight excluding hydrogens is 382 g/mol. The highest BCUT2D eigenvalue weighted by Crippen LogP contribution is 2.16. The average Bonchev–Trinajstić information content (AvgIpc) is 2.37. The molecule has 128 valence electrons. The molecule has 0 amide bonds. The van der Waals surface area contributed by atoms with Crippen LogP contribution in [-0.2, 0) is 0 Å². The van der Waals surface area contributed by atoms with Crippen molar-refractivity contribution in [1.29, 1.82) is 0 Å². The molecule has 0 aliphatic carbocycles. The monoisotopic (exact) mass is 419 g/mol. The van der Waals surface area contributed by atoms with E-state index in [1.165, 1.54) is 82.0 Å². The second-order valence-corrected chi connectivity index (χ2v) is 5.65. The number of rotatable bonds is 12. The standard InChI is InChI=1S/C16H36N.2BrH.H2O/c1-5-9-13-17(14-10-6-2,15-11-7-3)16-12-8-4;;;/h5-16H2,1-4H3;2*1H;1H2/q+1;;;/p-1. The van der Waals surface area contributed by atoms with E-state index in [0.717, 1.165) is 0 Å². The molecule has 0 aliphatic heterocycles. The fourth-order valence-corrected chi connectivity index (χ4v) is 2.64. The molecule has 0 aliphatic rings. The third kappa shape index (κ3) is 13.8. The molecule has 2 N–H and O–H groups in total. The Morgan fingerprint density at radius 2 is 0.750 bits per heavy atom. The first-order valence-electron chi connectivity index (χ1n) is 8.09. The molecule has 0 unspecified atom stereocenters. The van der Waals surface area contributed by atoms with Crippen LogP contribution in [0.4, 0.5) is 0 Å². The van der Waals surface area contributed by atoms with Crippen LogP contribution in [0.2, 0.25) is 0 Å². The summed E-state index contributed by atoms with van der Waals surface area (Å²) in [5.74, 6) is 0. The lowest BCUT2D eigenvalue weighted by atomic mass is 10.1. The summed E-state index contributed by atoms with van der Waals surface area (Å²) in [6, 6.07) is 0. The average molecular weight is 421 g/mol. The molecule has 0 fully saturated rings. The lowest BCUT2D eigenvalue weighted by molar-refractivity contribution is -0.929. The van der Waals surface area contributed by atoms with Gasteiger partial charge in [0, 0.05) is 0 Å². The number of halogens is 2. The quantitative estimate of drug-likeness (QED) is 0.431. The highest BCUT2D eigenvalue weighted by Gasteiger charge is 2.24. The molecular formula is C16H39Br2NO. The number of quaternary nitrogens is 1. The minimum absolute atomic E-state index is 0. The fourth-order valence-electron chi connectivity index (χ4n) is 2.64. The van der Waals surface area contributed by atoms with Gasteiger partial charge >= 0.3 is 0 Å². The molecule has 2 nitrogen and oxygen atoms in total. The van der Waals surface area contributed by atoms with Gasteiger partial charge in [0.1, 0.15) is 0 Å². The Balaban J connectivity index is -0.000000427. The van der Waals surface area contributed by atoms with Crippen molar-refractivity contribution in [3.63, 3.8) is 0 Å². The third-order valence-corrected chi connectivity index (χ3v) is 3.94. The van der Waals surface area contributed by atoms with Crippen LogP contribution in [0.15, 0.2) is 0 Å². The molecule has 0 rings (SSSR count). The Morgan fingerprint density at radius 1 is 0.550 bits per heavy atom. The first kappa shape index (κ1) is 29.0. The highest BCUT2D eigenvalue weighted by atomic mass is 79.9. The van der Waals surface area contributed by atoms with Crippen LogP contribution in [0, 0.1) is 0 Å². The van der Waals surface area contributed by atoms with Crippen LogP contribution in [0.3, 0.4) is 0 Å². The summed E-state index contributed by atoms with van der Waals surface area (Å²) in [6.07, 6.45) is 11.1. The van der Waals surface area contributed by atoms with E-state index in [1.807, 2.05) is 0 Å². The van der Waals surface area contributed by atoms with Gasteiger partial charge in [0.05, 0.1) is 26.2 Å². The maximum atomic E-state index is 2.33. The van der Waals surface area contributed by atoms with Gasteiger partial charge in [0.15, 0.2) is 0 Å². The maximum Gasteiger partial charge on any atom is 0.0786 e. The smallest absolute Gasteiger partial charge is 0.0786 e. The highest BCUT2D eigenvalue weighted by molar-refractivity contribution is 8.93. The van der Waals surface area contributed by atoms with Gasteiger partial charge in [-0.25, -0.2) is 0 Å². The first-order valence-corrected chi connectivity index (χ1v) is 8.09. The fraction of sp³-hybridized carbons (Fsp3) is 1.00. The summed E-state index contributed by atoms with van der Waals surface area (Å²) in [4.78, 5) is 0. The summed E-state index contributed by atoms with van der Waals surface area (Å²) in [5.41, 5.74) is 0. The van der Waals surface area contributed by atoms with Gasteiger partial charge in [-0.2, -0.15) is 0 Å². The Kier molecular flexibility index (Phi) is 28.8. The van der Waals surface area contributed by atoms with E-state index >= 15 is 0 Å². The largest absolute Gasteiger partial charge is 1.00 e. The summed E-state index contributed by atoms with van der Waals surface area (Å²) in [6.45, 7) is 15.0. The molecule has 0 bridgehead atoms. The van der Waals surface area contributed by atoms with Crippen molar-refractivity contribution in [3.05, 3.63) is 0 Å². The Bertz CT molecular complexity index is 131. The van der Waals surface area contributed by atoms with E-state index in [-0.39, 0.29) is 39.4 Å². The van der Waals surface area contributed by atoms with Gasteiger partial charge in [-0.05, 0) is 25.7 Å². The minimum atomic E-state index is 0. The normalized spacial score (nSPS) is 10.2. The lowest BCUT2D eigenvalue weighted by Crippen LogP contribution is -3.00. The zero-order valence-corrected chi connectivity index (χ0v) is 17.5. The van der Waals surface area contributed by atoms with Gasteiger partial charge in [0.25, 0.3) is 0 Å². The van der Waals surface area contributed by atoms with E-state index in [4.69, 9.17) is 0 Å². The Labute approximate surface area is 149 Å². The van der Waals surface area contributed by atoms with Crippen LogP contribution in [0.5, 0.6) is 0 Å². The van der Waals surface area contributed by atoms with Crippen LogP contribution >= 0.6 is 17.0 Å². The molecule has 20 heavy (non-hydrogen) atoms. The van der Waals surface area contributed by atoms with Crippen LogP contribution in [0.1, 0.15) is 79.1 Å². The van der Waals surface area contributed by atoms with Crippen molar-refractivity contribution < 1.29 is 26.9 Å². The van der Waals surface area contributed by atoms with Crippen LogP contribution in [0.25, 0.3) is 0 Å². The molecule has 0 saturated carbocycles. The van der Waals surface area contributed by atoms with E-state index in [2.05, 4.69) is 27.7 Å². The lowest BCUT2D eigenvalue weighted by Gasteiger charge is -2.39. The van der Waals surface area contributed by atoms with Gasteiger partial charge in [-0.15, -0.1) is 17.0 Å². The molecule has 4 heteroatoms. The molecule has 0 aromatic heterocycles. The molecule has 0 spiro atoms. The molecule has 0 saturated heterocycles. The molecule has 0 radical (unpaired) electrons. The summed E-state index contributed by atoms with van der Waals surface area (Å²) < 4.78 is 1.42. The molecule has 0 aromatic carbocycles. The zero-order valence-electron chi connectivity index (χ0n) is 14.2. The number of nitrogens with zero attached hydrogens (tertiary/aromatic N) is 1. The molecule has 0 heterocycles. The van der Waals surface area contributed by atoms with Crippen molar-refractivity contribution in [2.75, 3.05) is 26.2 Å². The summed E-state index contributed by atoms with van der Waals surface area (Å²) in [7, 11) is 0. The van der Waals surface area contributed by atoms with Gasteiger partial charge in [0.2, 0.25) is 0 Å². The summed E-state index contributed by atoms with van der Waals surface area (Å²) in [5, 5.41) is 0. The minimum Gasteiger partial charge on any atom is -1.00 e. The number of hydrogen-bond donors (Lipinski definition) is 0. The van der Waals surface area contributed by atoms with Crippen molar-refractivity contribution in [2.45, 2.75) is 79.1 Å². The van der Waals surface area contributed by atoms with E-state index in [1.54, 1.807) is 0 Å². The Hall–Kier alpha value is 0.880. The van der Waals surface area contributed by atoms with Crippen molar-refractivity contribution in [3.8, 4) is 0 Å². The first-order chi connectivity index (χ1) is 8.24. The number of hydrogen-bond acceptors (Lipinski definition) is 0. The van der Waals surface area contributed by atoms with Crippen molar-refractivity contribution in [1.82, 2.24) is 0 Å². The molecule has 0 atom stereocenters.